The number of nitrogens with one attached hydrogen (secondary N) is 1. The smallest absolute Gasteiger partial charge is 0.261 e. The van der Waals surface area contributed by atoms with Gasteiger partial charge in [-0.05, 0) is 61.7 Å². The maximum atomic E-state index is 13.2. The number of rotatable bonds is 5. The zero-order valence-corrected chi connectivity index (χ0v) is 20.4. The molecular formula is C26H27N3O5S. The molecule has 2 aromatic carbocycles. The average Bonchev–Trinajstić information content (AvgIpc) is 2.85. The van der Waals surface area contributed by atoms with Gasteiger partial charge < -0.3 is 14.2 Å². The molecule has 8 nitrogen and oxygen atoms in total. The lowest BCUT2D eigenvalue weighted by atomic mass is 9.82. The highest BCUT2D eigenvalue weighted by molar-refractivity contribution is 7.92. The molecule has 3 aromatic rings. The minimum Gasteiger partial charge on any atom is -0.497 e. The molecule has 2 bridgehead atoms. The van der Waals surface area contributed by atoms with Gasteiger partial charge in [0, 0.05) is 37.2 Å². The summed E-state index contributed by atoms with van der Waals surface area (Å²) in [6.45, 7) is 3.29. The summed E-state index contributed by atoms with van der Waals surface area (Å²) in [5.74, 6) is 0.547. The number of pyridine rings is 1. The van der Waals surface area contributed by atoms with Gasteiger partial charge in [0.05, 0.1) is 23.4 Å². The maximum Gasteiger partial charge on any atom is 0.261 e. The van der Waals surface area contributed by atoms with Crippen LogP contribution in [-0.4, -0.2) is 44.0 Å². The minimum atomic E-state index is -3.84. The molecule has 2 atom stereocenters. The van der Waals surface area contributed by atoms with Crippen molar-refractivity contribution in [2.24, 2.45) is 5.92 Å². The molecule has 1 amide bonds. The van der Waals surface area contributed by atoms with E-state index in [2.05, 4.69) is 4.72 Å². The quantitative estimate of drug-likeness (QED) is 0.589. The first kappa shape index (κ1) is 23.2. The molecule has 1 fully saturated rings. The van der Waals surface area contributed by atoms with E-state index < -0.39 is 10.0 Å². The second-order valence-electron chi connectivity index (χ2n) is 9.24. The first-order valence-corrected chi connectivity index (χ1v) is 13.0. The molecule has 1 saturated heterocycles. The highest BCUT2D eigenvalue weighted by Gasteiger charge is 2.38. The van der Waals surface area contributed by atoms with Crippen LogP contribution in [0.4, 0.5) is 5.69 Å². The molecule has 1 N–H and O–H groups in total. The molecule has 0 aliphatic carbocycles. The fraction of sp³-hybridized carbons (Fsp3) is 0.308. The van der Waals surface area contributed by atoms with E-state index in [1.54, 1.807) is 65.1 Å². The Morgan fingerprint density at radius 1 is 0.971 bits per heavy atom. The van der Waals surface area contributed by atoms with Crippen molar-refractivity contribution in [3.8, 4) is 5.75 Å². The van der Waals surface area contributed by atoms with Crippen LogP contribution in [0.15, 0.2) is 70.4 Å². The number of fused-ring (bicyclic) bond motifs is 4. The third-order valence-corrected chi connectivity index (χ3v) is 8.17. The van der Waals surface area contributed by atoms with Gasteiger partial charge in [0.25, 0.3) is 21.5 Å². The van der Waals surface area contributed by atoms with Gasteiger partial charge in [0.1, 0.15) is 5.75 Å². The average molecular weight is 494 g/mol. The van der Waals surface area contributed by atoms with Crippen LogP contribution in [0.1, 0.15) is 34.0 Å². The van der Waals surface area contributed by atoms with Crippen LogP contribution < -0.4 is 15.0 Å². The van der Waals surface area contributed by atoms with Gasteiger partial charge in [-0.2, -0.15) is 0 Å². The largest absolute Gasteiger partial charge is 0.497 e. The standard InChI is InChI=1S/C26H27N3O5S/c1-17-3-9-22(10-4-17)35(32,33)27-23-11-12-24(30)29-15-18-13-20(25(23)29)16-28(14-18)26(31)19-5-7-21(34-2)8-6-19/h3-12,18,20,27H,13-16H2,1-2H3. The number of carbonyl (C=O) groups excluding carboxylic acids is 1. The van der Waals surface area contributed by atoms with Crippen molar-refractivity contribution in [3.63, 3.8) is 0 Å². The minimum absolute atomic E-state index is 0.0872. The Labute approximate surface area is 204 Å². The van der Waals surface area contributed by atoms with Crippen molar-refractivity contribution < 1.29 is 17.9 Å². The molecule has 5 rings (SSSR count). The Morgan fingerprint density at radius 2 is 1.69 bits per heavy atom. The molecule has 2 unspecified atom stereocenters. The molecule has 3 heterocycles. The summed E-state index contributed by atoms with van der Waals surface area (Å²) in [7, 11) is -2.26. The number of ether oxygens (including phenoxy) is 1. The van der Waals surface area contributed by atoms with Crippen LogP contribution in [-0.2, 0) is 16.6 Å². The monoisotopic (exact) mass is 493 g/mol. The molecule has 9 heteroatoms. The summed E-state index contributed by atoms with van der Waals surface area (Å²) in [5.41, 5.74) is 2.38. The maximum absolute atomic E-state index is 13.2. The number of piperidine rings is 1. The first-order chi connectivity index (χ1) is 16.7. The normalized spacial score (nSPS) is 19.1. The summed E-state index contributed by atoms with van der Waals surface area (Å²) >= 11 is 0. The molecule has 0 spiro atoms. The molecule has 0 radical (unpaired) electrons. The van der Waals surface area contributed by atoms with Gasteiger partial charge in [-0.3, -0.25) is 14.3 Å². The van der Waals surface area contributed by atoms with Gasteiger partial charge in [0.15, 0.2) is 0 Å². The fourth-order valence-electron chi connectivity index (χ4n) is 5.10. The van der Waals surface area contributed by atoms with Gasteiger partial charge in [-0.15, -0.1) is 0 Å². The van der Waals surface area contributed by atoms with E-state index in [1.165, 1.54) is 12.1 Å². The fourth-order valence-corrected chi connectivity index (χ4v) is 6.18. The third kappa shape index (κ3) is 4.43. The van der Waals surface area contributed by atoms with Gasteiger partial charge in [-0.25, -0.2) is 8.42 Å². The molecule has 35 heavy (non-hydrogen) atoms. The van der Waals surface area contributed by atoms with E-state index in [-0.39, 0.29) is 28.2 Å². The highest BCUT2D eigenvalue weighted by atomic mass is 32.2. The van der Waals surface area contributed by atoms with Crippen LogP contribution >= 0.6 is 0 Å². The summed E-state index contributed by atoms with van der Waals surface area (Å²) in [5, 5.41) is 0. The number of sulfonamides is 1. The van der Waals surface area contributed by atoms with Gasteiger partial charge >= 0.3 is 0 Å². The summed E-state index contributed by atoms with van der Waals surface area (Å²) < 4.78 is 35.7. The lowest BCUT2D eigenvalue weighted by Crippen LogP contribution is -2.49. The molecule has 0 saturated carbocycles. The van der Waals surface area contributed by atoms with Crippen LogP contribution in [0.2, 0.25) is 0 Å². The number of aromatic nitrogens is 1. The molecule has 2 aliphatic rings. The van der Waals surface area contributed by atoms with E-state index in [0.717, 1.165) is 12.0 Å². The second-order valence-corrected chi connectivity index (χ2v) is 10.9. The van der Waals surface area contributed by atoms with E-state index >= 15 is 0 Å². The van der Waals surface area contributed by atoms with Crippen molar-refractivity contribution in [2.75, 3.05) is 24.9 Å². The Kier molecular flexibility index (Phi) is 5.88. The lowest BCUT2D eigenvalue weighted by Gasteiger charge is -2.43. The van der Waals surface area contributed by atoms with E-state index in [4.69, 9.17) is 4.74 Å². The predicted molar refractivity (Wildman–Crippen MR) is 132 cm³/mol. The lowest BCUT2D eigenvalue weighted by molar-refractivity contribution is 0.0595. The van der Waals surface area contributed by atoms with E-state index in [9.17, 15) is 18.0 Å². The number of hydrogen-bond donors (Lipinski definition) is 1. The number of nitrogens with zero attached hydrogens (tertiary/aromatic N) is 2. The van der Waals surface area contributed by atoms with Gasteiger partial charge in [-0.1, -0.05) is 17.7 Å². The first-order valence-electron chi connectivity index (χ1n) is 11.5. The van der Waals surface area contributed by atoms with Crippen molar-refractivity contribution >= 4 is 21.6 Å². The molecule has 182 valence electrons. The second kappa shape index (κ2) is 8.88. The molecular weight excluding hydrogens is 466 g/mol. The molecule has 2 aliphatic heterocycles. The Morgan fingerprint density at radius 3 is 2.37 bits per heavy atom. The van der Waals surface area contributed by atoms with E-state index in [1.807, 2.05) is 6.92 Å². The molecule has 1 aromatic heterocycles. The van der Waals surface area contributed by atoms with Gasteiger partial charge in [0.2, 0.25) is 0 Å². The SMILES string of the molecule is COc1ccc(C(=O)N2CC3CC(C2)c2c(NS(=O)(=O)c4ccc(C)cc4)ccc(=O)n2C3)cc1. The zero-order chi connectivity index (χ0) is 24.7. The van der Waals surface area contributed by atoms with Crippen molar-refractivity contribution in [3.05, 3.63) is 87.8 Å². The number of hydrogen-bond acceptors (Lipinski definition) is 5. The Balaban J connectivity index is 1.46. The van der Waals surface area contributed by atoms with Crippen molar-refractivity contribution in [2.45, 2.75) is 30.7 Å². The number of anilines is 1. The topological polar surface area (TPSA) is 97.7 Å². The van der Waals surface area contributed by atoms with Crippen molar-refractivity contribution in [1.82, 2.24) is 9.47 Å². The summed E-state index contributed by atoms with van der Waals surface area (Å²) in [6, 6.07) is 16.5. The van der Waals surface area contributed by atoms with Crippen molar-refractivity contribution in [1.29, 1.82) is 0 Å². The number of likely N-dealkylation sites (tertiary alicyclic amines) is 1. The third-order valence-electron chi connectivity index (χ3n) is 6.79. The number of carbonyl (C=O) groups is 1. The number of methoxy groups -OCH3 is 1. The number of benzene rings is 2. The Bertz CT molecular complexity index is 1430. The Hall–Kier alpha value is -3.59. The van der Waals surface area contributed by atoms with Crippen LogP contribution in [0.25, 0.3) is 0 Å². The van der Waals surface area contributed by atoms with E-state index in [0.29, 0.717) is 42.3 Å². The highest BCUT2D eigenvalue weighted by Crippen LogP contribution is 2.39. The van der Waals surface area contributed by atoms with Crippen LogP contribution in [0, 0.1) is 12.8 Å². The van der Waals surface area contributed by atoms with Crippen LogP contribution in [0.5, 0.6) is 5.75 Å². The zero-order valence-electron chi connectivity index (χ0n) is 19.6. The van der Waals surface area contributed by atoms with Crippen LogP contribution in [0.3, 0.4) is 0 Å². The predicted octanol–water partition coefficient (Wildman–Crippen LogP) is 3.23. The summed E-state index contributed by atoms with van der Waals surface area (Å²) in [6.07, 6.45) is 0.787. The number of amides is 1. The number of aryl methyl sites for hydroxylation is 1. The summed E-state index contributed by atoms with van der Waals surface area (Å²) in [4.78, 5) is 27.9.